The standard InChI is InChI=1S/C15H16N4O3/c1-10-16-5-4-12(19-10)8-18-15(20)17-7-11-2-3-13-14(6-11)22-9-21-13/h2-6H,7-9H2,1H3,(H2,17,18,20). The van der Waals surface area contributed by atoms with Gasteiger partial charge in [0.25, 0.3) is 0 Å². The van der Waals surface area contributed by atoms with Gasteiger partial charge in [-0.25, -0.2) is 14.8 Å². The lowest BCUT2D eigenvalue weighted by molar-refractivity contribution is 0.174. The summed E-state index contributed by atoms with van der Waals surface area (Å²) in [5.74, 6) is 2.11. The minimum absolute atomic E-state index is 0.241. The molecule has 2 aromatic rings. The Hall–Kier alpha value is -2.83. The van der Waals surface area contributed by atoms with Gasteiger partial charge in [0.2, 0.25) is 6.79 Å². The van der Waals surface area contributed by atoms with Crippen LogP contribution in [0.4, 0.5) is 4.79 Å². The van der Waals surface area contributed by atoms with Gasteiger partial charge in [0, 0.05) is 12.7 Å². The van der Waals surface area contributed by atoms with Gasteiger partial charge in [-0.05, 0) is 30.7 Å². The maximum absolute atomic E-state index is 11.8. The van der Waals surface area contributed by atoms with Crippen molar-refractivity contribution < 1.29 is 14.3 Å². The van der Waals surface area contributed by atoms with Crippen molar-refractivity contribution in [2.45, 2.75) is 20.0 Å². The number of aromatic nitrogens is 2. The van der Waals surface area contributed by atoms with Crippen LogP contribution in [0.15, 0.2) is 30.5 Å². The average molecular weight is 300 g/mol. The minimum atomic E-state index is -0.256. The normalized spacial score (nSPS) is 12.0. The Labute approximate surface area is 127 Å². The Morgan fingerprint density at radius 2 is 2.00 bits per heavy atom. The number of fused-ring (bicyclic) bond motifs is 1. The quantitative estimate of drug-likeness (QED) is 0.894. The topological polar surface area (TPSA) is 85.4 Å². The molecule has 0 atom stereocenters. The van der Waals surface area contributed by atoms with Gasteiger partial charge in [-0.2, -0.15) is 0 Å². The van der Waals surface area contributed by atoms with Crippen LogP contribution in [-0.2, 0) is 13.1 Å². The van der Waals surface area contributed by atoms with Crippen LogP contribution in [0.2, 0.25) is 0 Å². The smallest absolute Gasteiger partial charge is 0.315 e. The van der Waals surface area contributed by atoms with Gasteiger partial charge < -0.3 is 20.1 Å². The third kappa shape index (κ3) is 3.43. The molecule has 2 N–H and O–H groups in total. The fourth-order valence-electron chi connectivity index (χ4n) is 2.07. The van der Waals surface area contributed by atoms with Crippen molar-refractivity contribution in [3.63, 3.8) is 0 Å². The number of nitrogens with one attached hydrogen (secondary N) is 2. The number of carbonyl (C=O) groups is 1. The van der Waals surface area contributed by atoms with E-state index in [4.69, 9.17) is 9.47 Å². The van der Waals surface area contributed by atoms with E-state index in [1.54, 1.807) is 12.3 Å². The second-order valence-corrected chi connectivity index (χ2v) is 4.82. The largest absolute Gasteiger partial charge is 0.454 e. The highest BCUT2D eigenvalue weighted by atomic mass is 16.7. The van der Waals surface area contributed by atoms with Crippen molar-refractivity contribution in [1.29, 1.82) is 0 Å². The van der Waals surface area contributed by atoms with Crippen molar-refractivity contribution >= 4 is 6.03 Å². The summed E-state index contributed by atoms with van der Waals surface area (Å²) < 4.78 is 10.5. The highest BCUT2D eigenvalue weighted by molar-refractivity contribution is 5.73. The molecule has 0 saturated heterocycles. The van der Waals surface area contributed by atoms with Gasteiger partial charge in [-0.15, -0.1) is 0 Å². The summed E-state index contributed by atoms with van der Waals surface area (Å²) in [7, 11) is 0. The monoisotopic (exact) mass is 300 g/mol. The third-order valence-electron chi connectivity index (χ3n) is 3.15. The Balaban J connectivity index is 1.48. The number of ether oxygens (including phenoxy) is 2. The number of amides is 2. The lowest BCUT2D eigenvalue weighted by atomic mass is 10.2. The summed E-state index contributed by atoms with van der Waals surface area (Å²) in [4.78, 5) is 20.0. The van der Waals surface area contributed by atoms with Crippen LogP contribution in [0, 0.1) is 6.92 Å². The van der Waals surface area contributed by atoms with Crippen LogP contribution in [0.5, 0.6) is 11.5 Å². The first-order valence-corrected chi connectivity index (χ1v) is 6.89. The second kappa shape index (κ2) is 6.30. The summed E-state index contributed by atoms with van der Waals surface area (Å²) in [6, 6.07) is 7.10. The highest BCUT2D eigenvalue weighted by Gasteiger charge is 2.13. The molecule has 1 aliphatic rings. The van der Waals surface area contributed by atoms with E-state index < -0.39 is 0 Å². The molecule has 0 saturated carbocycles. The number of urea groups is 1. The van der Waals surface area contributed by atoms with E-state index in [0.717, 1.165) is 17.0 Å². The molecule has 0 unspecified atom stereocenters. The van der Waals surface area contributed by atoms with Crippen molar-refractivity contribution in [2.75, 3.05) is 6.79 Å². The summed E-state index contributed by atoms with van der Waals surface area (Å²) in [6.45, 7) is 2.82. The van der Waals surface area contributed by atoms with Gasteiger partial charge >= 0.3 is 6.03 Å². The molecule has 2 heterocycles. The fraction of sp³-hybridized carbons (Fsp3) is 0.267. The molecule has 2 amide bonds. The van der Waals surface area contributed by atoms with Gasteiger partial charge in [-0.1, -0.05) is 6.07 Å². The summed E-state index contributed by atoms with van der Waals surface area (Å²) in [5.41, 5.74) is 1.71. The van der Waals surface area contributed by atoms with E-state index in [1.807, 2.05) is 25.1 Å². The molecule has 0 aliphatic carbocycles. The minimum Gasteiger partial charge on any atom is -0.454 e. The van der Waals surface area contributed by atoms with Gasteiger partial charge in [0.15, 0.2) is 11.5 Å². The van der Waals surface area contributed by atoms with E-state index in [0.29, 0.717) is 24.7 Å². The van der Waals surface area contributed by atoms with Gasteiger partial charge in [0.1, 0.15) is 5.82 Å². The molecule has 7 heteroatoms. The average Bonchev–Trinajstić information content (AvgIpc) is 2.98. The zero-order valence-corrected chi connectivity index (χ0v) is 12.1. The Morgan fingerprint density at radius 3 is 2.86 bits per heavy atom. The molecule has 1 aliphatic heterocycles. The zero-order chi connectivity index (χ0) is 15.4. The van der Waals surface area contributed by atoms with Crippen LogP contribution in [0.3, 0.4) is 0 Å². The van der Waals surface area contributed by atoms with Gasteiger partial charge in [0.05, 0.1) is 12.2 Å². The first-order valence-electron chi connectivity index (χ1n) is 6.89. The molecule has 3 rings (SSSR count). The number of nitrogens with zero attached hydrogens (tertiary/aromatic N) is 2. The predicted molar refractivity (Wildman–Crippen MR) is 78.4 cm³/mol. The molecule has 7 nitrogen and oxygen atoms in total. The first kappa shape index (κ1) is 14.1. The van der Waals surface area contributed by atoms with E-state index in [1.165, 1.54) is 0 Å². The predicted octanol–water partition coefficient (Wildman–Crippen LogP) is 1.51. The first-order chi connectivity index (χ1) is 10.7. The molecule has 0 bridgehead atoms. The number of carbonyl (C=O) groups excluding carboxylic acids is 1. The molecule has 22 heavy (non-hydrogen) atoms. The zero-order valence-electron chi connectivity index (χ0n) is 12.1. The lowest BCUT2D eigenvalue weighted by Crippen LogP contribution is -2.34. The van der Waals surface area contributed by atoms with Gasteiger partial charge in [-0.3, -0.25) is 0 Å². The van der Waals surface area contributed by atoms with E-state index >= 15 is 0 Å². The molecule has 114 valence electrons. The lowest BCUT2D eigenvalue weighted by Gasteiger charge is -2.08. The SMILES string of the molecule is Cc1nccc(CNC(=O)NCc2ccc3c(c2)OCO3)n1. The summed E-state index contributed by atoms with van der Waals surface area (Å²) in [6.07, 6.45) is 1.67. The van der Waals surface area contributed by atoms with Crippen LogP contribution in [-0.4, -0.2) is 22.8 Å². The molecule has 1 aromatic carbocycles. The molecule has 0 radical (unpaired) electrons. The number of benzene rings is 1. The highest BCUT2D eigenvalue weighted by Crippen LogP contribution is 2.32. The third-order valence-corrected chi connectivity index (χ3v) is 3.15. The van der Waals surface area contributed by atoms with Crippen molar-refractivity contribution in [3.05, 3.63) is 47.5 Å². The van der Waals surface area contributed by atoms with Crippen molar-refractivity contribution in [1.82, 2.24) is 20.6 Å². The van der Waals surface area contributed by atoms with Crippen LogP contribution in [0.25, 0.3) is 0 Å². The Kier molecular flexibility index (Phi) is 4.04. The number of aryl methyl sites for hydroxylation is 1. The molecule has 1 aromatic heterocycles. The molecular weight excluding hydrogens is 284 g/mol. The fourth-order valence-corrected chi connectivity index (χ4v) is 2.07. The molecule has 0 fully saturated rings. The van der Waals surface area contributed by atoms with Crippen LogP contribution < -0.4 is 20.1 Å². The maximum atomic E-state index is 11.8. The van der Waals surface area contributed by atoms with Crippen LogP contribution in [0.1, 0.15) is 17.1 Å². The van der Waals surface area contributed by atoms with E-state index in [2.05, 4.69) is 20.6 Å². The summed E-state index contributed by atoms with van der Waals surface area (Å²) in [5, 5.41) is 5.54. The number of hydrogen-bond donors (Lipinski definition) is 2. The maximum Gasteiger partial charge on any atom is 0.315 e. The van der Waals surface area contributed by atoms with Crippen LogP contribution >= 0.6 is 0 Å². The number of hydrogen-bond acceptors (Lipinski definition) is 5. The molecule has 0 spiro atoms. The Bertz CT molecular complexity index is 690. The molecular formula is C15H16N4O3. The number of rotatable bonds is 4. The summed E-state index contributed by atoms with van der Waals surface area (Å²) >= 11 is 0. The Morgan fingerprint density at radius 1 is 1.18 bits per heavy atom. The van der Waals surface area contributed by atoms with Crippen molar-refractivity contribution in [3.8, 4) is 11.5 Å². The second-order valence-electron chi connectivity index (χ2n) is 4.82. The van der Waals surface area contributed by atoms with E-state index in [-0.39, 0.29) is 12.8 Å². The van der Waals surface area contributed by atoms with E-state index in [9.17, 15) is 4.79 Å². The van der Waals surface area contributed by atoms with Crippen molar-refractivity contribution in [2.24, 2.45) is 0 Å².